The van der Waals surface area contributed by atoms with E-state index < -0.39 is 28.5 Å². The van der Waals surface area contributed by atoms with Crippen LogP contribution < -0.4 is 19.1 Å². The van der Waals surface area contributed by atoms with Crippen molar-refractivity contribution in [3.8, 4) is 11.5 Å². The molecule has 9 nitrogen and oxygen atoms in total. The predicted molar refractivity (Wildman–Crippen MR) is 141 cm³/mol. The van der Waals surface area contributed by atoms with E-state index in [9.17, 15) is 18.0 Å². The quantitative estimate of drug-likeness (QED) is 0.436. The summed E-state index contributed by atoms with van der Waals surface area (Å²) in [5, 5.41) is 2.87. The molecule has 0 aromatic heterocycles. The molecule has 10 heteroatoms. The molecule has 36 heavy (non-hydrogen) atoms. The first-order valence-corrected chi connectivity index (χ1v) is 13.8. The molecular formula is C26H37N3O6S. The maximum atomic E-state index is 13.8. The lowest BCUT2D eigenvalue weighted by atomic mass is 10.1. The molecule has 1 unspecified atom stereocenters. The van der Waals surface area contributed by atoms with Gasteiger partial charge in [0.2, 0.25) is 21.8 Å². The van der Waals surface area contributed by atoms with Gasteiger partial charge < -0.3 is 19.7 Å². The van der Waals surface area contributed by atoms with E-state index in [0.717, 1.165) is 16.1 Å². The molecule has 2 aromatic rings. The van der Waals surface area contributed by atoms with Crippen molar-refractivity contribution in [2.45, 2.75) is 52.7 Å². The van der Waals surface area contributed by atoms with E-state index in [0.29, 0.717) is 24.5 Å². The van der Waals surface area contributed by atoms with Gasteiger partial charge in [-0.15, -0.1) is 0 Å². The number of amides is 2. The molecule has 1 N–H and O–H groups in total. The smallest absolute Gasteiger partial charge is 0.244 e. The maximum absolute atomic E-state index is 13.8. The normalized spacial score (nSPS) is 12.1. The minimum absolute atomic E-state index is 0.102. The number of para-hydroxylation sites is 2. The number of ether oxygens (including phenoxy) is 2. The van der Waals surface area contributed by atoms with Crippen LogP contribution in [0.4, 0.5) is 5.69 Å². The van der Waals surface area contributed by atoms with Crippen LogP contribution in [-0.4, -0.2) is 63.7 Å². The number of carbonyl (C=O) groups is 2. The molecule has 0 radical (unpaired) electrons. The molecule has 2 aromatic carbocycles. The SMILES string of the molecule is CCOc1ccccc1N(CC(=O)N(Cc1cccc(OC)c1)C(CC)C(=O)NC(C)C)S(C)(=O)=O. The number of sulfonamides is 1. The predicted octanol–water partition coefficient (Wildman–Crippen LogP) is 3.19. The van der Waals surface area contributed by atoms with Gasteiger partial charge in [-0.05, 0) is 57.0 Å². The topological polar surface area (TPSA) is 105 Å². The van der Waals surface area contributed by atoms with Gasteiger partial charge in [-0.25, -0.2) is 8.42 Å². The Morgan fingerprint density at radius 2 is 1.75 bits per heavy atom. The van der Waals surface area contributed by atoms with Crippen LogP contribution in [-0.2, 0) is 26.2 Å². The fourth-order valence-electron chi connectivity index (χ4n) is 3.80. The summed E-state index contributed by atoms with van der Waals surface area (Å²) in [6, 6.07) is 12.9. The van der Waals surface area contributed by atoms with Crippen LogP contribution in [0.15, 0.2) is 48.5 Å². The van der Waals surface area contributed by atoms with Gasteiger partial charge in [0.1, 0.15) is 24.1 Å². The van der Waals surface area contributed by atoms with Crippen LogP contribution in [0.2, 0.25) is 0 Å². The lowest BCUT2D eigenvalue weighted by Crippen LogP contribution is -2.53. The summed E-state index contributed by atoms with van der Waals surface area (Å²) < 4.78 is 37.6. The van der Waals surface area contributed by atoms with Crippen LogP contribution in [0.25, 0.3) is 0 Å². The van der Waals surface area contributed by atoms with E-state index in [1.54, 1.807) is 56.5 Å². The highest BCUT2D eigenvalue weighted by Gasteiger charge is 2.32. The van der Waals surface area contributed by atoms with Gasteiger partial charge in [0.25, 0.3) is 0 Å². The summed E-state index contributed by atoms with van der Waals surface area (Å²) in [6.07, 6.45) is 1.39. The van der Waals surface area contributed by atoms with Crippen LogP contribution in [0.3, 0.4) is 0 Å². The number of carbonyl (C=O) groups excluding carboxylic acids is 2. The third-order valence-corrected chi connectivity index (χ3v) is 6.54. The van der Waals surface area contributed by atoms with Crippen molar-refractivity contribution >= 4 is 27.5 Å². The Balaban J connectivity index is 2.50. The molecule has 0 aliphatic rings. The van der Waals surface area contributed by atoms with Gasteiger partial charge in [-0.3, -0.25) is 13.9 Å². The van der Waals surface area contributed by atoms with Crippen LogP contribution in [0.1, 0.15) is 39.7 Å². The summed E-state index contributed by atoms with van der Waals surface area (Å²) in [6.45, 7) is 7.24. The maximum Gasteiger partial charge on any atom is 0.244 e. The number of nitrogens with one attached hydrogen (secondary N) is 1. The van der Waals surface area contributed by atoms with Crippen molar-refractivity contribution in [3.63, 3.8) is 0 Å². The molecule has 0 saturated carbocycles. The highest BCUT2D eigenvalue weighted by atomic mass is 32.2. The molecule has 0 spiro atoms. The standard InChI is InChI=1S/C26H37N3O6S/c1-7-22(26(31)27-19(3)4)28(17-20-12-11-13-21(16-20)34-5)25(30)18-29(36(6,32)33)23-14-9-10-15-24(23)35-8-2/h9-16,19,22H,7-8,17-18H2,1-6H3,(H,27,31). The lowest BCUT2D eigenvalue weighted by molar-refractivity contribution is -0.140. The van der Waals surface area contributed by atoms with Gasteiger partial charge >= 0.3 is 0 Å². The fourth-order valence-corrected chi connectivity index (χ4v) is 4.66. The zero-order valence-electron chi connectivity index (χ0n) is 21.9. The Labute approximate surface area is 214 Å². The second-order valence-corrected chi connectivity index (χ2v) is 10.5. The average Bonchev–Trinajstić information content (AvgIpc) is 2.82. The fraction of sp³-hybridized carbons (Fsp3) is 0.462. The Morgan fingerprint density at radius 3 is 2.33 bits per heavy atom. The molecule has 0 saturated heterocycles. The molecule has 0 fully saturated rings. The summed E-state index contributed by atoms with van der Waals surface area (Å²) in [5.74, 6) is 0.148. The number of anilines is 1. The number of nitrogens with zero attached hydrogens (tertiary/aromatic N) is 2. The summed E-state index contributed by atoms with van der Waals surface area (Å²) in [5.41, 5.74) is 1.01. The molecule has 198 valence electrons. The highest BCUT2D eigenvalue weighted by molar-refractivity contribution is 7.92. The Bertz CT molecular complexity index is 1140. The Morgan fingerprint density at radius 1 is 1.06 bits per heavy atom. The third kappa shape index (κ3) is 7.87. The Kier molecular flexibility index (Phi) is 10.6. The first-order chi connectivity index (χ1) is 17.0. The van der Waals surface area contributed by atoms with Gasteiger partial charge in [-0.2, -0.15) is 0 Å². The van der Waals surface area contributed by atoms with Gasteiger partial charge in [0.15, 0.2) is 0 Å². The number of rotatable bonds is 13. The Hall–Kier alpha value is -3.27. The van der Waals surface area contributed by atoms with Crippen molar-refractivity contribution in [3.05, 3.63) is 54.1 Å². The summed E-state index contributed by atoms with van der Waals surface area (Å²) in [7, 11) is -2.31. The van der Waals surface area contributed by atoms with Crippen molar-refractivity contribution < 1.29 is 27.5 Å². The van der Waals surface area contributed by atoms with Crippen LogP contribution >= 0.6 is 0 Å². The molecule has 1 atom stereocenters. The minimum Gasteiger partial charge on any atom is -0.497 e. The largest absolute Gasteiger partial charge is 0.497 e. The number of methoxy groups -OCH3 is 1. The van der Waals surface area contributed by atoms with Crippen LogP contribution in [0.5, 0.6) is 11.5 Å². The van der Waals surface area contributed by atoms with Crippen LogP contribution in [0, 0.1) is 0 Å². The van der Waals surface area contributed by atoms with E-state index in [1.165, 1.54) is 4.90 Å². The number of hydrogen-bond donors (Lipinski definition) is 1. The van der Waals surface area contributed by atoms with Crippen molar-refractivity contribution in [2.75, 3.05) is 30.8 Å². The number of benzene rings is 2. The van der Waals surface area contributed by atoms with Crippen molar-refractivity contribution in [1.82, 2.24) is 10.2 Å². The second-order valence-electron chi connectivity index (χ2n) is 8.63. The first kappa shape index (κ1) is 29.0. The zero-order chi connectivity index (χ0) is 26.9. The molecular weight excluding hydrogens is 482 g/mol. The van der Waals surface area contributed by atoms with E-state index in [2.05, 4.69) is 5.32 Å². The second kappa shape index (κ2) is 13.2. The minimum atomic E-state index is -3.86. The lowest BCUT2D eigenvalue weighted by Gasteiger charge is -2.33. The van der Waals surface area contributed by atoms with Crippen molar-refractivity contribution in [2.24, 2.45) is 0 Å². The first-order valence-electron chi connectivity index (χ1n) is 11.9. The van der Waals surface area contributed by atoms with E-state index in [4.69, 9.17) is 9.47 Å². The molecule has 2 rings (SSSR count). The molecule has 0 aliphatic heterocycles. The monoisotopic (exact) mass is 519 g/mol. The van der Waals surface area contributed by atoms with E-state index in [1.807, 2.05) is 26.8 Å². The summed E-state index contributed by atoms with van der Waals surface area (Å²) >= 11 is 0. The molecule has 0 heterocycles. The van der Waals surface area contributed by atoms with E-state index >= 15 is 0 Å². The van der Waals surface area contributed by atoms with E-state index in [-0.39, 0.29) is 24.2 Å². The molecule has 0 bridgehead atoms. The average molecular weight is 520 g/mol. The van der Waals surface area contributed by atoms with Gasteiger partial charge in [0, 0.05) is 12.6 Å². The molecule has 2 amide bonds. The zero-order valence-corrected chi connectivity index (χ0v) is 22.7. The summed E-state index contributed by atoms with van der Waals surface area (Å²) in [4.78, 5) is 28.2. The van der Waals surface area contributed by atoms with Crippen molar-refractivity contribution in [1.29, 1.82) is 0 Å². The molecule has 0 aliphatic carbocycles. The highest BCUT2D eigenvalue weighted by Crippen LogP contribution is 2.30. The third-order valence-electron chi connectivity index (χ3n) is 5.42. The van der Waals surface area contributed by atoms with Gasteiger partial charge in [0.05, 0.1) is 25.7 Å². The number of hydrogen-bond acceptors (Lipinski definition) is 6. The van der Waals surface area contributed by atoms with Gasteiger partial charge in [-0.1, -0.05) is 31.2 Å².